The standard InChI is InChI=1S/C11H10O7/c1-3-7(12)5(9(13)14)4-6(8(3)17-2)11(16)18-10(4)15/h10,12,15H,1-2H3,(H,13,14)/t10-/m1/s1. The lowest BCUT2D eigenvalue weighted by molar-refractivity contribution is -0.0553. The van der Waals surface area contributed by atoms with Crippen molar-refractivity contribution in [2.24, 2.45) is 0 Å². The van der Waals surface area contributed by atoms with Crippen LogP contribution < -0.4 is 4.74 Å². The van der Waals surface area contributed by atoms with E-state index in [1.165, 1.54) is 14.0 Å². The summed E-state index contributed by atoms with van der Waals surface area (Å²) in [4.78, 5) is 22.7. The van der Waals surface area contributed by atoms with Crippen molar-refractivity contribution in [3.05, 3.63) is 22.3 Å². The second kappa shape index (κ2) is 3.88. The molecule has 7 heteroatoms. The number of hydrogen-bond acceptors (Lipinski definition) is 6. The minimum Gasteiger partial charge on any atom is -0.507 e. The van der Waals surface area contributed by atoms with E-state index in [1.54, 1.807) is 0 Å². The van der Waals surface area contributed by atoms with Gasteiger partial charge in [-0.3, -0.25) is 0 Å². The van der Waals surface area contributed by atoms with Crippen molar-refractivity contribution in [1.82, 2.24) is 0 Å². The van der Waals surface area contributed by atoms with Gasteiger partial charge in [0.05, 0.1) is 12.7 Å². The Bertz CT molecular complexity index is 561. The summed E-state index contributed by atoms with van der Waals surface area (Å²) in [7, 11) is 1.26. The largest absolute Gasteiger partial charge is 0.507 e. The first-order valence-corrected chi connectivity index (χ1v) is 4.95. The Morgan fingerprint density at radius 2 is 2.06 bits per heavy atom. The lowest BCUT2D eigenvalue weighted by Gasteiger charge is -2.14. The Balaban J connectivity index is 2.92. The maximum Gasteiger partial charge on any atom is 0.345 e. The molecule has 7 nitrogen and oxygen atoms in total. The van der Waals surface area contributed by atoms with Gasteiger partial charge >= 0.3 is 11.9 Å². The number of aromatic carboxylic acids is 1. The molecule has 2 rings (SSSR count). The van der Waals surface area contributed by atoms with E-state index in [0.29, 0.717) is 0 Å². The number of carboxylic acids is 1. The molecule has 0 amide bonds. The number of aromatic hydroxyl groups is 1. The molecule has 1 heterocycles. The smallest absolute Gasteiger partial charge is 0.345 e. The fourth-order valence-corrected chi connectivity index (χ4v) is 2.00. The summed E-state index contributed by atoms with van der Waals surface area (Å²) in [5.41, 5.74) is -0.911. The van der Waals surface area contributed by atoms with Crippen LogP contribution in [0.4, 0.5) is 0 Å². The molecule has 0 spiro atoms. The first-order chi connectivity index (χ1) is 8.40. The van der Waals surface area contributed by atoms with Crippen LogP contribution in [-0.2, 0) is 4.74 Å². The van der Waals surface area contributed by atoms with Gasteiger partial charge in [0, 0.05) is 5.56 Å². The Kier molecular flexibility index (Phi) is 2.63. The number of esters is 1. The number of aliphatic hydroxyl groups excluding tert-OH is 1. The third kappa shape index (κ3) is 1.41. The number of cyclic esters (lactones) is 1. The van der Waals surface area contributed by atoms with E-state index < -0.39 is 29.5 Å². The van der Waals surface area contributed by atoms with Gasteiger partial charge < -0.3 is 24.8 Å². The second-order valence-electron chi connectivity index (χ2n) is 3.73. The first kappa shape index (κ1) is 12.2. The normalized spacial score (nSPS) is 17.3. The van der Waals surface area contributed by atoms with Crippen LogP contribution in [0.3, 0.4) is 0 Å². The van der Waals surface area contributed by atoms with Gasteiger partial charge in [0.2, 0.25) is 6.29 Å². The van der Waals surface area contributed by atoms with Crippen molar-refractivity contribution in [2.45, 2.75) is 13.2 Å². The molecular formula is C11H10O7. The van der Waals surface area contributed by atoms with E-state index in [0.717, 1.165) is 0 Å². The highest BCUT2D eigenvalue weighted by molar-refractivity contribution is 6.04. The van der Waals surface area contributed by atoms with Gasteiger partial charge in [-0.15, -0.1) is 0 Å². The molecule has 0 saturated carbocycles. The summed E-state index contributed by atoms with van der Waals surface area (Å²) in [6.07, 6.45) is -1.72. The molecule has 3 N–H and O–H groups in total. The fourth-order valence-electron chi connectivity index (χ4n) is 2.00. The van der Waals surface area contributed by atoms with Crippen molar-refractivity contribution in [1.29, 1.82) is 0 Å². The van der Waals surface area contributed by atoms with Gasteiger partial charge in [-0.2, -0.15) is 0 Å². The molecule has 0 saturated heterocycles. The number of aliphatic hydroxyl groups is 1. The lowest BCUT2D eigenvalue weighted by atomic mass is 9.96. The summed E-state index contributed by atoms with van der Waals surface area (Å²) in [6, 6.07) is 0. The van der Waals surface area contributed by atoms with Gasteiger partial charge in [0.25, 0.3) is 0 Å². The lowest BCUT2D eigenvalue weighted by Crippen LogP contribution is -2.09. The molecule has 1 aromatic rings. The molecule has 1 aliphatic heterocycles. The third-order valence-corrected chi connectivity index (χ3v) is 2.79. The number of carboxylic acid groups (broad SMARTS) is 1. The van der Waals surface area contributed by atoms with Crippen molar-refractivity contribution >= 4 is 11.9 Å². The summed E-state index contributed by atoms with van der Waals surface area (Å²) >= 11 is 0. The highest BCUT2D eigenvalue weighted by Gasteiger charge is 2.40. The van der Waals surface area contributed by atoms with Gasteiger partial charge in [0.1, 0.15) is 22.6 Å². The van der Waals surface area contributed by atoms with Gasteiger partial charge in [-0.05, 0) is 6.92 Å². The number of ether oxygens (including phenoxy) is 2. The Morgan fingerprint density at radius 3 is 2.56 bits per heavy atom. The summed E-state index contributed by atoms with van der Waals surface area (Å²) in [6.45, 7) is 1.40. The number of fused-ring (bicyclic) bond motifs is 1. The number of rotatable bonds is 2. The predicted molar refractivity (Wildman–Crippen MR) is 56.7 cm³/mol. The predicted octanol–water partition coefficient (Wildman–Crippen LogP) is 0.569. The third-order valence-electron chi connectivity index (χ3n) is 2.79. The first-order valence-electron chi connectivity index (χ1n) is 4.95. The number of methoxy groups -OCH3 is 1. The Labute approximate surface area is 101 Å². The molecule has 1 aliphatic rings. The van der Waals surface area contributed by atoms with Crippen molar-refractivity contribution in [3.63, 3.8) is 0 Å². The van der Waals surface area contributed by atoms with E-state index in [2.05, 4.69) is 4.74 Å². The average Bonchev–Trinajstić information content (AvgIpc) is 2.56. The highest BCUT2D eigenvalue weighted by atomic mass is 16.6. The summed E-state index contributed by atoms with van der Waals surface area (Å²) < 4.78 is 9.49. The Hall–Kier alpha value is -2.28. The number of hydrogen-bond donors (Lipinski definition) is 3. The molecule has 96 valence electrons. The second-order valence-corrected chi connectivity index (χ2v) is 3.73. The molecule has 0 radical (unpaired) electrons. The number of benzene rings is 1. The van der Waals surface area contributed by atoms with Gasteiger partial charge in [-0.25, -0.2) is 9.59 Å². The van der Waals surface area contributed by atoms with E-state index in [1.807, 2.05) is 0 Å². The summed E-state index contributed by atoms with van der Waals surface area (Å²) in [5.74, 6) is -2.92. The van der Waals surface area contributed by atoms with E-state index in [9.17, 15) is 19.8 Å². The van der Waals surface area contributed by atoms with Crippen LogP contribution in [-0.4, -0.2) is 34.4 Å². The molecule has 0 aromatic heterocycles. The highest BCUT2D eigenvalue weighted by Crippen LogP contribution is 2.44. The zero-order valence-electron chi connectivity index (χ0n) is 9.55. The zero-order valence-corrected chi connectivity index (χ0v) is 9.55. The Morgan fingerprint density at radius 1 is 1.44 bits per heavy atom. The summed E-state index contributed by atoms with van der Waals surface area (Å²) in [5, 5.41) is 28.4. The van der Waals surface area contributed by atoms with E-state index in [-0.39, 0.29) is 22.4 Å². The van der Waals surface area contributed by atoms with Crippen LogP contribution in [0, 0.1) is 6.92 Å². The monoisotopic (exact) mass is 254 g/mol. The van der Waals surface area contributed by atoms with Crippen LogP contribution in [0.15, 0.2) is 0 Å². The van der Waals surface area contributed by atoms with Crippen LogP contribution in [0.5, 0.6) is 11.5 Å². The minimum absolute atomic E-state index is 0.00551. The molecule has 0 fully saturated rings. The topological polar surface area (TPSA) is 113 Å². The minimum atomic E-state index is -1.72. The SMILES string of the molecule is COc1c(C)c(O)c(C(=O)O)c2c1C(=O)O[C@H]2O. The van der Waals surface area contributed by atoms with Gasteiger partial charge in [0.15, 0.2) is 0 Å². The zero-order chi connectivity index (χ0) is 13.6. The van der Waals surface area contributed by atoms with Crippen LogP contribution in [0.25, 0.3) is 0 Å². The molecule has 0 unspecified atom stereocenters. The maximum atomic E-state index is 11.6. The molecule has 0 aliphatic carbocycles. The number of carbonyl (C=O) groups is 2. The average molecular weight is 254 g/mol. The van der Waals surface area contributed by atoms with Crippen LogP contribution in [0.1, 0.15) is 38.1 Å². The molecule has 1 aromatic carbocycles. The van der Waals surface area contributed by atoms with Gasteiger partial charge in [-0.1, -0.05) is 0 Å². The number of phenols is 1. The van der Waals surface area contributed by atoms with E-state index >= 15 is 0 Å². The molecule has 1 atom stereocenters. The maximum absolute atomic E-state index is 11.6. The van der Waals surface area contributed by atoms with Crippen molar-refractivity contribution in [3.8, 4) is 11.5 Å². The van der Waals surface area contributed by atoms with Crippen LogP contribution in [0.2, 0.25) is 0 Å². The van der Waals surface area contributed by atoms with Crippen molar-refractivity contribution < 1.29 is 34.4 Å². The fraction of sp³-hybridized carbons (Fsp3) is 0.273. The van der Waals surface area contributed by atoms with Crippen molar-refractivity contribution in [2.75, 3.05) is 7.11 Å². The molecular weight excluding hydrogens is 244 g/mol. The number of carbonyl (C=O) groups excluding carboxylic acids is 1. The van der Waals surface area contributed by atoms with E-state index in [4.69, 9.17) is 9.84 Å². The van der Waals surface area contributed by atoms with Crippen LogP contribution >= 0.6 is 0 Å². The quantitative estimate of drug-likeness (QED) is 0.661. The molecule has 0 bridgehead atoms. The molecule has 18 heavy (non-hydrogen) atoms.